The molecule has 0 aliphatic heterocycles. The van der Waals surface area contributed by atoms with Crippen LogP contribution >= 0.6 is 11.6 Å². The van der Waals surface area contributed by atoms with Gasteiger partial charge >= 0.3 is 0 Å². The number of ether oxygens (including phenoxy) is 1. The van der Waals surface area contributed by atoms with Gasteiger partial charge in [-0.25, -0.2) is 13.1 Å². The fourth-order valence-corrected chi connectivity index (χ4v) is 2.85. The van der Waals surface area contributed by atoms with Gasteiger partial charge in [0.2, 0.25) is 10.0 Å². The van der Waals surface area contributed by atoms with Crippen LogP contribution in [-0.4, -0.2) is 39.8 Å². The molecule has 0 unspecified atom stereocenters. The molecule has 0 heterocycles. The average Bonchev–Trinajstić information content (AvgIpc) is 2.94. The van der Waals surface area contributed by atoms with E-state index in [0.717, 1.165) is 12.8 Å². The van der Waals surface area contributed by atoms with Crippen LogP contribution in [0.1, 0.15) is 19.3 Å². The summed E-state index contributed by atoms with van der Waals surface area (Å²) >= 11 is 5.41. The molecule has 0 saturated heterocycles. The molecular formula is C9H18ClNO3S. The summed E-state index contributed by atoms with van der Waals surface area (Å²) in [4.78, 5) is 0. The molecule has 90 valence electrons. The SMILES string of the molecule is O=S(=O)(CC1CC1)NCCCOCCCl. The molecule has 1 rings (SSSR count). The van der Waals surface area contributed by atoms with Gasteiger partial charge in [0.25, 0.3) is 0 Å². The maximum absolute atomic E-state index is 11.4. The highest BCUT2D eigenvalue weighted by atomic mass is 35.5. The zero-order valence-corrected chi connectivity index (χ0v) is 10.3. The molecule has 1 aliphatic rings. The quantitative estimate of drug-likeness (QED) is 0.493. The van der Waals surface area contributed by atoms with E-state index in [1.807, 2.05) is 0 Å². The highest BCUT2D eigenvalue weighted by molar-refractivity contribution is 7.89. The second kappa shape index (κ2) is 6.68. The molecule has 0 bridgehead atoms. The maximum Gasteiger partial charge on any atom is 0.211 e. The molecule has 0 aromatic carbocycles. The molecule has 1 fully saturated rings. The third-order valence-electron chi connectivity index (χ3n) is 2.16. The van der Waals surface area contributed by atoms with Gasteiger partial charge in [0, 0.05) is 19.0 Å². The number of nitrogens with one attached hydrogen (secondary N) is 1. The van der Waals surface area contributed by atoms with Gasteiger partial charge in [-0.2, -0.15) is 0 Å². The van der Waals surface area contributed by atoms with Crippen molar-refractivity contribution in [2.45, 2.75) is 19.3 Å². The van der Waals surface area contributed by atoms with Gasteiger partial charge in [-0.3, -0.25) is 0 Å². The summed E-state index contributed by atoms with van der Waals surface area (Å²) in [5, 5.41) is 0. The minimum atomic E-state index is -3.04. The summed E-state index contributed by atoms with van der Waals surface area (Å²) in [6.45, 7) is 1.53. The number of rotatable bonds is 9. The van der Waals surface area contributed by atoms with Gasteiger partial charge in [-0.05, 0) is 25.2 Å². The fourth-order valence-electron chi connectivity index (χ4n) is 1.21. The zero-order chi connectivity index (χ0) is 11.1. The maximum atomic E-state index is 11.4. The van der Waals surface area contributed by atoms with Crippen LogP contribution in [0.5, 0.6) is 0 Å². The lowest BCUT2D eigenvalue weighted by Gasteiger charge is -2.05. The average molecular weight is 256 g/mol. The molecule has 0 atom stereocenters. The van der Waals surface area contributed by atoms with E-state index >= 15 is 0 Å². The van der Waals surface area contributed by atoms with Gasteiger partial charge < -0.3 is 4.74 Å². The smallest absolute Gasteiger partial charge is 0.211 e. The van der Waals surface area contributed by atoms with Gasteiger partial charge in [-0.1, -0.05) is 0 Å². The normalized spacial score (nSPS) is 16.9. The Hall–Kier alpha value is 0.160. The first-order chi connectivity index (χ1) is 7.14. The Morgan fingerprint density at radius 2 is 2.07 bits per heavy atom. The van der Waals surface area contributed by atoms with E-state index in [0.29, 0.717) is 38.0 Å². The summed E-state index contributed by atoms with van der Waals surface area (Å²) in [7, 11) is -3.04. The van der Waals surface area contributed by atoms with Crippen molar-refractivity contribution in [1.29, 1.82) is 0 Å². The van der Waals surface area contributed by atoms with E-state index in [9.17, 15) is 8.42 Å². The van der Waals surface area contributed by atoms with Crippen molar-refractivity contribution < 1.29 is 13.2 Å². The third-order valence-corrected chi connectivity index (χ3v) is 3.87. The second-order valence-electron chi connectivity index (χ2n) is 3.77. The number of hydrogen-bond acceptors (Lipinski definition) is 3. The van der Waals surface area contributed by atoms with Crippen LogP contribution in [0.3, 0.4) is 0 Å². The van der Waals surface area contributed by atoms with Crippen LogP contribution in [0.25, 0.3) is 0 Å². The number of alkyl halides is 1. The molecule has 1 saturated carbocycles. The molecule has 15 heavy (non-hydrogen) atoms. The molecule has 4 nitrogen and oxygen atoms in total. The Morgan fingerprint density at radius 3 is 2.67 bits per heavy atom. The lowest BCUT2D eigenvalue weighted by molar-refractivity contribution is 0.147. The first-order valence-electron chi connectivity index (χ1n) is 5.25. The Labute approximate surface area is 96.4 Å². The number of hydrogen-bond donors (Lipinski definition) is 1. The molecule has 6 heteroatoms. The van der Waals surface area contributed by atoms with Crippen LogP contribution in [-0.2, 0) is 14.8 Å². The summed E-state index contributed by atoms with van der Waals surface area (Å²) in [6, 6.07) is 0. The van der Waals surface area contributed by atoms with Crippen LogP contribution in [0.2, 0.25) is 0 Å². The summed E-state index contributed by atoms with van der Waals surface area (Å²) in [5.41, 5.74) is 0. The molecule has 0 spiro atoms. The highest BCUT2D eigenvalue weighted by Crippen LogP contribution is 2.29. The van der Waals surface area contributed by atoms with Crippen molar-refractivity contribution in [1.82, 2.24) is 4.72 Å². The van der Waals surface area contributed by atoms with Gasteiger partial charge in [0.15, 0.2) is 0 Å². The van der Waals surface area contributed by atoms with Gasteiger partial charge in [0.1, 0.15) is 0 Å². The Morgan fingerprint density at radius 1 is 1.33 bits per heavy atom. The van der Waals surface area contributed by atoms with Crippen molar-refractivity contribution in [2.75, 3.05) is 31.4 Å². The zero-order valence-electron chi connectivity index (χ0n) is 8.75. The molecule has 0 aromatic heterocycles. The summed E-state index contributed by atoms with van der Waals surface area (Å²) < 4.78 is 30.5. The van der Waals surface area contributed by atoms with E-state index < -0.39 is 10.0 Å². The van der Waals surface area contributed by atoms with E-state index in [2.05, 4.69) is 4.72 Å². The topological polar surface area (TPSA) is 55.4 Å². The second-order valence-corrected chi connectivity index (χ2v) is 6.00. The first-order valence-corrected chi connectivity index (χ1v) is 7.44. The Kier molecular flexibility index (Phi) is 5.89. The fraction of sp³-hybridized carbons (Fsp3) is 1.00. The van der Waals surface area contributed by atoms with Crippen molar-refractivity contribution in [3.8, 4) is 0 Å². The molecular weight excluding hydrogens is 238 g/mol. The minimum absolute atomic E-state index is 0.287. The van der Waals surface area contributed by atoms with Crippen molar-refractivity contribution >= 4 is 21.6 Å². The predicted octanol–water partition coefficient (Wildman–Crippen LogP) is 0.961. The van der Waals surface area contributed by atoms with Crippen LogP contribution in [0, 0.1) is 5.92 Å². The van der Waals surface area contributed by atoms with E-state index in [1.54, 1.807) is 0 Å². The monoisotopic (exact) mass is 255 g/mol. The third kappa shape index (κ3) is 7.11. The van der Waals surface area contributed by atoms with Crippen molar-refractivity contribution in [2.24, 2.45) is 5.92 Å². The van der Waals surface area contributed by atoms with E-state index in [-0.39, 0.29) is 5.75 Å². The van der Waals surface area contributed by atoms with Crippen molar-refractivity contribution in [3.05, 3.63) is 0 Å². The number of sulfonamides is 1. The standard InChI is InChI=1S/C9H18ClNO3S/c10-4-7-14-6-1-5-11-15(12,13)8-9-2-3-9/h9,11H,1-8H2. The van der Waals surface area contributed by atoms with Gasteiger partial charge in [-0.15, -0.1) is 11.6 Å². The Balaban J connectivity index is 1.98. The Bertz CT molecular complexity index is 265. The number of halogens is 1. The highest BCUT2D eigenvalue weighted by Gasteiger charge is 2.27. The molecule has 0 amide bonds. The first kappa shape index (κ1) is 13.2. The molecule has 0 radical (unpaired) electrons. The van der Waals surface area contributed by atoms with Gasteiger partial charge in [0.05, 0.1) is 12.4 Å². The lowest BCUT2D eigenvalue weighted by Crippen LogP contribution is -2.28. The van der Waals surface area contributed by atoms with Crippen LogP contribution in [0.4, 0.5) is 0 Å². The van der Waals surface area contributed by atoms with E-state index in [1.165, 1.54) is 0 Å². The molecule has 0 aromatic rings. The minimum Gasteiger partial charge on any atom is -0.380 e. The van der Waals surface area contributed by atoms with Crippen molar-refractivity contribution in [3.63, 3.8) is 0 Å². The van der Waals surface area contributed by atoms with Crippen LogP contribution in [0.15, 0.2) is 0 Å². The summed E-state index contributed by atoms with van der Waals surface area (Å²) in [6.07, 6.45) is 2.81. The predicted molar refractivity (Wildman–Crippen MR) is 60.7 cm³/mol. The molecule has 1 N–H and O–H groups in total. The lowest BCUT2D eigenvalue weighted by atomic mass is 10.5. The molecule has 1 aliphatic carbocycles. The van der Waals surface area contributed by atoms with E-state index in [4.69, 9.17) is 16.3 Å². The largest absolute Gasteiger partial charge is 0.380 e. The summed E-state index contributed by atoms with van der Waals surface area (Å²) in [5.74, 6) is 1.16. The van der Waals surface area contributed by atoms with Crippen LogP contribution < -0.4 is 4.72 Å².